The number of carbonyl (C=O) groups excluding carboxylic acids is 3. The number of hydrogen-bond donors (Lipinski definition) is 0. The standard InChI is InChI=1S/C62H120O6/c1-5-8-10-12-14-16-18-20-22-24-29-33-37-41-45-49-53-60(63)66-56-59(68-62(65)55-51-47-43-39-35-31-25-23-21-19-17-15-13-11-9-6-2)57-67-61(64)54-50-46-42-38-34-30-27-26-28-32-36-40-44-48-52-58(4)7-3/h58-59H,5-57H2,1-4H3/t58?,59-/m0/s1. The second-order valence-electron chi connectivity index (χ2n) is 21.6. The van der Waals surface area contributed by atoms with Crippen molar-refractivity contribution in [3.8, 4) is 0 Å². The van der Waals surface area contributed by atoms with Crippen LogP contribution in [0.15, 0.2) is 0 Å². The lowest BCUT2D eigenvalue weighted by molar-refractivity contribution is -0.167. The van der Waals surface area contributed by atoms with Crippen molar-refractivity contribution in [1.29, 1.82) is 0 Å². The molecule has 0 aromatic heterocycles. The fourth-order valence-corrected chi connectivity index (χ4v) is 9.60. The molecule has 0 spiro atoms. The van der Waals surface area contributed by atoms with Gasteiger partial charge >= 0.3 is 17.9 Å². The minimum Gasteiger partial charge on any atom is -0.462 e. The molecule has 0 heterocycles. The second-order valence-corrected chi connectivity index (χ2v) is 21.6. The van der Waals surface area contributed by atoms with Crippen molar-refractivity contribution >= 4 is 17.9 Å². The maximum absolute atomic E-state index is 12.9. The zero-order chi connectivity index (χ0) is 49.5. The third kappa shape index (κ3) is 53.8. The lowest BCUT2D eigenvalue weighted by atomic mass is 9.99. The zero-order valence-corrected chi connectivity index (χ0v) is 46.6. The van der Waals surface area contributed by atoms with Gasteiger partial charge in [-0.3, -0.25) is 14.4 Å². The first kappa shape index (κ1) is 66.4. The third-order valence-corrected chi connectivity index (χ3v) is 14.7. The van der Waals surface area contributed by atoms with Gasteiger partial charge in [0.2, 0.25) is 0 Å². The van der Waals surface area contributed by atoms with Gasteiger partial charge in [0.15, 0.2) is 6.10 Å². The molecule has 0 saturated carbocycles. The van der Waals surface area contributed by atoms with Gasteiger partial charge in [0, 0.05) is 19.3 Å². The fraction of sp³-hybridized carbons (Fsp3) is 0.952. The van der Waals surface area contributed by atoms with Crippen LogP contribution < -0.4 is 0 Å². The van der Waals surface area contributed by atoms with Crippen molar-refractivity contribution in [2.75, 3.05) is 13.2 Å². The maximum Gasteiger partial charge on any atom is 0.306 e. The van der Waals surface area contributed by atoms with E-state index in [4.69, 9.17) is 14.2 Å². The van der Waals surface area contributed by atoms with E-state index in [2.05, 4.69) is 27.7 Å². The average Bonchev–Trinajstić information content (AvgIpc) is 3.34. The Bertz CT molecular complexity index is 1030. The van der Waals surface area contributed by atoms with E-state index in [-0.39, 0.29) is 31.1 Å². The van der Waals surface area contributed by atoms with Gasteiger partial charge in [-0.1, -0.05) is 317 Å². The summed E-state index contributed by atoms with van der Waals surface area (Å²) in [6, 6.07) is 0. The molecule has 0 aromatic rings. The third-order valence-electron chi connectivity index (χ3n) is 14.7. The Morgan fingerprint density at radius 3 is 0.765 bits per heavy atom. The largest absolute Gasteiger partial charge is 0.462 e. The molecule has 0 aliphatic rings. The SMILES string of the molecule is CCCCCCCCCCCCCCCCCCC(=O)OC[C@@H](COC(=O)CCCCCCCCCCCCCCCCC(C)CC)OC(=O)CCCCCCCCCCCCCCCCCC. The number of unbranched alkanes of at least 4 members (excludes halogenated alkanes) is 43. The van der Waals surface area contributed by atoms with E-state index in [1.54, 1.807) is 0 Å². The van der Waals surface area contributed by atoms with Crippen molar-refractivity contribution in [2.45, 2.75) is 361 Å². The summed E-state index contributed by atoms with van der Waals surface area (Å²) in [4.78, 5) is 38.2. The molecule has 0 aliphatic carbocycles. The van der Waals surface area contributed by atoms with Crippen LogP contribution in [0.2, 0.25) is 0 Å². The molecule has 6 heteroatoms. The first-order chi connectivity index (χ1) is 33.4. The number of hydrogen-bond acceptors (Lipinski definition) is 6. The highest BCUT2D eigenvalue weighted by Gasteiger charge is 2.19. The lowest BCUT2D eigenvalue weighted by Crippen LogP contribution is -2.30. The topological polar surface area (TPSA) is 78.9 Å². The highest BCUT2D eigenvalue weighted by Crippen LogP contribution is 2.19. The number of carbonyl (C=O) groups is 3. The van der Waals surface area contributed by atoms with E-state index in [0.29, 0.717) is 19.3 Å². The number of esters is 3. The summed E-state index contributed by atoms with van der Waals surface area (Å²) in [5.41, 5.74) is 0. The molecule has 0 aromatic carbocycles. The van der Waals surface area contributed by atoms with Gasteiger partial charge in [-0.05, 0) is 25.2 Å². The monoisotopic (exact) mass is 961 g/mol. The van der Waals surface area contributed by atoms with Crippen LogP contribution in [0.4, 0.5) is 0 Å². The Labute approximate surface area is 425 Å². The van der Waals surface area contributed by atoms with Crippen molar-refractivity contribution in [3.63, 3.8) is 0 Å². The summed E-state index contributed by atoms with van der Waals surface area (Å²) in [7, 11) is 0. The Morgan fingerprint density at radius 1 is 0.294 bits per heavy atom. The molecule has 0 fully saturated rings. The molecular formula is C62H120O6. The Hall–Kier alpha value is -1.59. The Morgan fingerprint density at radius 2 is 0.515 bits per heavy atom. The molecule has 404 valence electrons. The van der Waals surface area contributed by atoms with Crippen molar-refractivity contribution in [2.24, 2.45) is 5.92 Å². The first-order valence-electron chi connectivity index (χ1n) is 30.9. The molecule has 0 saturated heterocycles. The molecule has 0 rings (SSSR count). The van der Waals surface area contributed by atoms with E-state index in [1.807, 2.05) is 0 Å². The average molecular weight is 962 g/mol. The summed E-state index contributed by atoms with van der Waals surface area (Å²) in [5.74, 6) is 0.0663. The first-order valence-corrected chi connectivity index (χ1v) is 30.9. The highest BCUT2D eigenvalue weighted by atomic mass is 16.6. The van der Waals surface area contributed by atoms with Crippen molar-refractivity contribution < 1.29 is 28.6 Å². The van der Waals surface area contributed by atoms with Crippen LogP contribution in [0.25, 0.3) is 0 Å². The quantitative estimate of drug-likeness (QED) is 0.0343. The molecular weight excluding hydrogens is 841 g/mol. The predicted molar refractivity (Wildman–Crippen MR) is 293 cm³/mol. The second kappa shape index (κ2) is 56.3. The number of rotatable bonds is 57. The zero-order valence-electron chi connectivity index (χ0n) is 46.6. The molecule has 0 radical (unpaired) electrons. The summed E-state index contributed by atoms with van der Waals surface area (Å²) in [5, 5.41) is 0. The molecule has 0 bridgehead atoms. The van der Waals surface area contributed by atoms with Crippen molar-refractivity contribution in [3.05, 3.63) is 0 Å². The maximum atomic E-state index is 12.9. The minimum absolute atomic E-state index is 0.0613. The highest BCUT2D eigenvalue weighted by molar-refractivity contribution is 5.71. The van der Waals surface area contributed by atoms with Gasteiger partial charge in [-0.2, -0.15) is 0 Å². The van der Waals surface area contributed by atoms with E-state index in [0.717, 1.165) is 63.7 Å². The van der Waals surface area contributed by atoms with Crippen LogP contribution >= 0.6 is 0 Å². The molecule has 2 atom stereocenters. The molecule has 0 amide bonds. The van der Waals surface area contributed by atoms with E-state index in [1.165, 1.54) is 250 Å². The predicted octanol–water partition coefficient (Wildman–Crippen LogP) is 20.6. The number of ether oxygens (including phenoxy) is 3. The molecule has 6 nitrogen and oxygen atoms in total. The van der Waals surface area contributed by atoms with Crippen molar-refractivity contribution in [1.82, 2.24) is 0 Å². The van der Waals surface area contributed by atoms with Crippen LogP contribution in [0.1, 0.15) is 355 Å². The normalized spacial score (nSPS) is 12.4. The summed E-state index contributed by atoms with van der Waals surface area (Å²) >= 11 is 0. The van der Waals surface area contributed by atoms with Gasteiger partial charge in [-0.25, -0.2) is 0 Å². The van der Waals surface area contributed by atoms with Gasteiger partial charge in [0.25, 0.3) is 0 Å². The van der Waals surface area contributed by atoms with Crippen LogP contribution in [-0.2, 0) is 28.6 Å². The molecule has 68 heavy (non-hydrogen) atoms. The van der Waals surface area contributed by atoms with Crippen LogP contribution in [-0.4, -0.2) is 37.2 Å². The van der Waals surface area contributed by atoms with Crippen LogP contribution in [0, 0.1) is 5.92 Å². The van der Waals surface area contributed by atoms with Gasteiger partial charge < -0.3 is 14.2 Å². The van der Waals surface area contributed by atoms with Crippen LogP contribution in [0.5, 0.6) is 0 Å². The smallest absolute Gasteiger partial charge is 0.306 e. The van der Waals surface area contributed by atoms with E-state index in [9.17, 15) is 14.4 Å². The summed E-state index contributed by atoms with van der Waals surface area (Å²) < 4.78 is 16.9. The Kier molecular flexibility index (Phi) is 55.0. The molecule has 0 aliphatic heterocycles. The lowest BCUT2D eigenvalue weighted by Gasteiger charge is -2.18. The van der Waals surface area contributed by atoms with Gasteiger partial charge in [-0.15, -0.1) is 0 Å². The van der Waals surface area contributed by atoms with Gasteiger partial charge in [0.1, 0.15) is 13.2 Å². The molecule has 0 N–H and O–H groups in total. The summed E-state index contributed by atoms with van der Waals surface area (Å²) in [6.07, 6.45) is 62.3. The Balaban J connectivity index is 4.29. The molecule has 1 unspecified atom stereocenters. The minimum atomic E-state index is -0.762. The van der Waals surface area contributed by atoms with E-state index >= 15 is 0 Å². The fourth-order valence-electron chi connectivity index (χ4n) is 9.60. The van der Waals surface area contributed by atoms with Gasteiger partial charge in [0.05, 0.1) is 0 Å². The summed E-state index contributed by atoms with van der Waals surface area (Å²) in [6.45, 7) is 9.12. The van der Waals surface area contributed by atoms with E-state index < -0.39 is 6.10 Å². The van der Waals surface area contributed by atoms with Crippen LogP contribution in [0.3, 0.4) is 0 Å².